The van der Waals surface area contributed by atoms with E-state index < -0.39 is 5.60 Å². The van der Waals surface area contributed by atoms with Gasteiger partial charge in [0.1, 0.15) is 6.29 Å². The minimum absolute atomic E-state index is 0.0299. The fourth-order valence-corrected chi connectivity index (χ4v) is 0.624. The summed E-state index contributed by atoms with van der Waals surface area (Å²) in [4.78, 5) is 10.0. The first kappa shape index (κ1) is 9.59. The van der Waals surface area contributed by atoms with Crippen LogP contribution in [0.25, 0.3) is 0 Å². The van der Waals surface area contributed by atoms with E-state index in [0.29, 0.717) is 12.8 Å². The van der Waals surface area contributed by atoms with Crippen molar-refractivity contribution in [2.45, 2.75) is 25.9 Å². The summed E-state index contributed by atoms with van der Waals surface area (Å²) in [5.41, 5.74) is 4.38. The SMILES string of the molecule is CC(CN)C(C)(O)CC=O. The van der Waals surface area contributed by atoms with Crippen LogP contribution < -0.4 is 5.73 Å². The number of nitrogens with two attached hydrogens (primary N) is 1. The van der Waals surface area contributed by atoms with Gasteiger partial charge in [-0.05, 0) is 19.4 Å². The maximum atomic E-state index is 10.0. The maximum Gasteiger partial charge on any atom is 0.122 e. The fourth-order valence-electron chi connectivity index (χ4n) is 0.624. The van der Waals surface area contributed by atoms with Crippen molar-refractivity contribution in [2.24, 2.45) is 11.7 Å². The van der Waals surface area contributed by atoms with Crippen molar-refractivity contribution in [3.8, 4) is 0 Å². The standard InChI is InChI=1S/C7H15NO2/c1-6(5-8)7(2,10)3-4-9/h4,6,10H,3,5,8H2,1-2H3. The molecular formula is C7H15NO2. The van der Waals surface area contributed by atoms with Crippen molar-refractivity contribution in [3.05, 3.63) is 0 Å². The van der Waals surface area contributed by atoms with Crippen LogP contribution >= 0.6 is 0 Å². The zero-order chi connectivity index (χ0) is 8.20. The molecule has 0 fully saturated rings. The number of rotatable bonds is 4. The average Bonchev–Trinajstić information content (AvgIpc) is 1.86. The van der Waals surface area contributed by atoms with Gasteiger partial charge >= 0.3 is 0 Å². The Morgan fingerprint density at radius 1 is 1.80 bits per heavy atom. The van der Waals surface area contributed by atoms with E-state index in [1.54, 1.807) is 6.92 Å². The van der Waals surface area contributed by atoms with Crippen LogP contribution in [0.1, 0.15) is 20.3 Å². The highest BCUT2D eigenvalue weighted by molar-refractivity contribution is 5.51. The van der Waals surface area contributed by atoms with E-state index >= 15 is 0 Å². The predicted molar refractivity (Wildman–Crippen MR) is 39.5 cm³/mol. The minimum atomic E-state index is -0.934. The largest absolute Gasteiger partial charge is 0.389 e. The zero-order valence-corrected chi connectivity index (χ0v) is 6.50. The van der Waals surface area contributed by atoms with Crippen molar-refractivity contribution >= 4 is 6.29 Å². The summed E-state index contributed by atoms with van der Waals surface area (Å²) in [7, 11) is 0. The molecule has 0 spiro atoms. The van der Waals surface area contributed by atoms with E-state index in [9.17, 15) is 9.90 Å². The second-order valence-electron chi connectivity index (χ2n) is 2.86. The summed E-state index contributed by atoms with van der Waals surface area (Å²) >= 11 is 0. The molecule has 0 aliphatic heterocycles. The highest BCUT2D eigenvalue weighted by Gasteiger charge is 2.26. The zero-order valence-electron chi connectivity index (χ0n) is 6.50. The molecule has 0 heterocycles. The molecule has 0 radical (unpaired) electrons. The van der Waals surface area contributed by atoms with Crippen molar-refractivity contribution in [2.75, 3.05) is 6.54 Å². The van der Waals surface area contributed by atoms with Crippen LogP contribution in [0.2, 0.25) is 0 Å². The molecule has 0 aromatic heterocycles. The Morgan fingerprint density at radius 3 is 2.60 bits per heavy atom. The van der Waals surface area contributed by atoms with Gasteiger partial charge in [0, 0.05) is 6.42 Å². The summed E-state index contributed by atoms with van der Waals surface area (Å²) in [6, 6.07) is 0. The van der Waals surface area contributed by atoms with Gasteiger partial charge in [-0.15, -0.1) is 0 Å². The Morgan fingerprint density at radius 2 is 2.30 bits per heavy atom. The highest BCUT2D eigenvalue weighted by atomic mass is 16.3. The van der Waals surface area contributed by atoms with Gasteiger partial charge in [-0.1, -0.05) is 6.92 Å². The molecule has 0 amide bonds. The molecule has 3 N–H and O–H groups in total. The molecule has 10 heavy (non-hydrogen) atoms. The third kappa shape index (κ3) is 2.45. The molecule has 0 bridgehead atoms. The van der Waals surface area contributed by atoms with Crippen LogP contribution in [0.15, 0.2) is 0 Å². The van der Waals surface area contributed by atoms with Gasteiger partial charge in [0.05, 0.1) is 5.60 Å². The van der Waals surface area contributed by atoms with Crippen LogP contribution in [0.3, 0.4) is 0 Å². The fraction of sp³-hybridized carbons (Fsp3) is 0.857. The van der Waals surface area contributed by atoms with Gasteiger partial charge < -0.3 is 15.6 Å². The van der Waals surface area contributed by atoms with Crippen LogP contribution in [-0.4, -0.2) is 23.5 Å². The lowest BCUT2D eigenvalue weighted by Gasteiger charge is -2.26. The van der Waals surface area contributed by atoms with Crippen LogP contribution in [0.4, 0.5) is 0 Å². The Labute approximate surface area is 61.2 Å². The number of hydrogen-bond acceptors (Lipinski definition) is 3. The third-order valence-corrected chi connectivity index (χ3v) is 1.91. The van der Waals surface area contributed by atoms with Gasteiger partial charge in [-0.25, -0.2) is 0 Å². The first-order valence-electron chi connectivity index (χ1n) is 3.40. The van der Waals surface area contributed by atoms with E-state index in [-0.39, 0.29) is 12.3 Å². The minimum Gasteiger partial charge on any atom is -0.389 e. The summed E-state index contributed by atoms with van der Waals surface area (Å²) in [6.45, 7) is 3.85. The van der Waals surface area contributed by atoms with Crippen LogP contribution in [-0.2, 0) is 4.79 Å². The van der Waals surface area contributed by atoms with Gasteiger partial charge in [-0.2, -0.15) is 0 Å². The molecule has 0 aromatic rings. The lowest BCUT2D eigenvalue weighted by Crippen LogP contribution is -2.37. The van der Waals surface area contributed by atoms with E-state index in [1.807, 2.05) is 6.92 Å². The molecule has 2 atom stereocenters. The Balaban J connectivity index is 3.94. The molecule has 2 unspecified atom stereocenters. The highest BCUT2D eigenvalue weighted by Crippen LogP contribution is 2.17. The molecule has 0 aromatic carbocycles. The Hall–Kier alpha value is -0.410. The normalized spacial score (nSPS) is 19.6. The molecule has 0 saturated carbocycles. The number of hydrogen-bond donors (Lipinski definition) is 2. The smallest absolute Gasteiger partial charge is 0.122 e. The first-order valence-corrected chi connectivity index (χ1v) is 3.40. The van der Waals surface area contributed by atoms with Crippen LogP contribution in [0.5, 0.6) is 0 Å². The molecular weight excluding hydrogens is 130 g/mol. The quantitative estimate of drug-likeness (QED) is 0.544. The number of carbonyl (C=O) groups is 1. The average molecular weight is 145 g/mol. The topological polar surface area (TPSA) is 63.3 Å². The van der Waals surface area contributed by atoms with E-state index in [2.05, 4.69) is 0 Å². The lowest BCUT2D eigenvalue weighted by molar-refractivity contribution is -0.113. The maximum absolute atomic E-state index is 10.0. The number of aliphatic hydroxyl groups is 1. The lowest BCUT2D eigenvalue weighted by atomic mass is 9.88. The summed E-state index contributed by atoms with van der Waals surface area (Å²) in [5, 5.41) is 9.47. The molecule has 3 nitrogen and oxygen atoms in total. The van der Waals surface area contributed by atoms with Crippen molar-refractivity contribution in [3.63, 3.8) is 0 Å². The second-order valence-corrected chi connectivity index (χ2v) is 2.86. The molecule has 0 aliphatic rings. The predicted octanol–water partition coefficient (Wildman–Crippen LogP) is -0.0788. The van der Waals surface area contributed by atoms with Gasteiger partial charge in [-0.3, -0.25) is 0 Å². The molecule has 3 heteroatoms. The number of aldehydes is 1. The second kappa shape index (κ2) is 3.68. The number of carbonyl (C=O) groups excluding carboxylic acids is 1. The summed E-state index contributed by atoms with van der Waals surface area (Å²) < 4.78 is 0. The Kier molecular flexibility index (Phi) is 3.53. The third-order valence-electron chi connectivity index (χ3n) is 1.91. The molecule has 60 valence electrons. The first-order chi connectivity index (χ1) is 4.54. The monoisotopic (exact) mass is 145 g/mol. The van der Waals surface area contributed by atoms with E-state index in [0.717, 1.165) is 0 Å². The van der Waals surface area contributed by atoms with E-state index in [1.165, 1.54) is 0 Å². The summed E-state index contributed by atoms with van der Waals surface area (Å²) in [6.07, 6.45) is 0.873. The summed E-state index contributed by atoms with van der Waals surface area (Å²) in [5.74, 6) is -0.0299. The van der Waals surface area contributed by atoms with Gasteiger partial charge in [0.25, 0.3) is 0 Å². The molecule has 0 rings (SSSR count). The Bertz CT molecular complexity index is 112. The van der Waals surface area contributed by atoms with E-state index in [4.69, 9.17) is 5.73 Å². The van der Waals surface area contributed by atoms with Crippen molar-refractivity contribution < 1.29 is 9.90 Å². The van der Waals surface area contributed by atoms with Crippen molar-refractivity contribution in [1.82, 2.24) is 0 Å². The molecule has 0 saturated heterocycles. The van der Waals surface area contributed by atoms with Crippen LogP contribution in [0, 0.1) is 5.92 Å². The van der Waals surface area contributed by atoms with Crippen molar-refractivity contribution in [1.29, 1.82) is 0 Å². The van der Waals surface area contributed by atoms with Gasteiger partial charge in [0.15, 0.2) is 0 Å². The van der Waals surface area contributed by atoms with Gasteiger partial charge in [0.2, 0.25) is 0 Å². The molecule has 0 aliphatic carbocycles.